The van der Waals surface area contributed by atoms with Crippen molar-refractivity contribution in [1.29, 1.82) is 0 Å². The first-order valence-electron chi connectivity index (χ1n) is 6.11. The third kappa shape index (κ3) is 3.82. The van der Waals surface area contributed by atoms with Gasteiger partial charge in [0.05, 0.1) is 10.5 Å². The van der Waals surface area contributed by atoms with Crippen LogP contribution in [0, 0.1) is 15.9 Å². The monoisotopic (exact) mass is 328 g/mol. The van der Waals surface area contributed by atoms with Crippen LogP contribution in [0.3, 0.4) is 0 Å². The molecule has 0 radical (unpaired) electrons. The van der Waals surface area contributed by atoms with Gasteiger partial charge in [-0.3, -0.25) is 14.9 Å². The maximum atomic E-state index is 13.2. The minimum Gasteiger partial charge on any atom is -0.322 e. The number of halogens is 4. The molecule has 0 aliphatic carbocycles. The molecular weight excluding hydrogens is 320 g/mol. The van der Waals surface area contributed by atoms with E-state index in [0.29, 0.717) is 6.07 Å². The molecule has 120 valence electrons. The van der Waals surface area contributed by atoms with E-state index in [9.17, 15) is 32.5 Å². The lowest BCUT2D eigenvalue weighted by Gasteiger charge is -2.10. The first-order valence-corrected chi connectivity index (χ1v) is 6.11. The number of rotatable bonds is 3. The number of alkyl halides is 3. The highest BCUT2D eigenvalue weighted by Crippen LogP contribution is 2.30. The molecule has 0 saturated carbocycles. The number of benzene rings is 2. The van der Waals surface area contributed by atoms with Gasteiger partial charge in [0.25, 0.3) is 5.91 Å². The molecule has 0 aliphatic rings. The summed E-state index contributed by atoms with van der Waals surface area (Å²) in [6.07, 6.45) is -4.57. The second-order valence-electron chi connectivity index (χ2n) is 4.46. The van der Waals surface area contributed by atoms with Gasteiger partial charge in [-0.2, -0.15) is 17.6 Å². The Morgan fingerprint density at radius 1 is 1.13 bits per heavy atom. The van der Waals surface area contributed by atoms with Crippen molar-refractivity contribution >= 4 is 17.3 Å². The van der Waals surface area contributed by atoms with Gasteiger partial charge in [-0.25, -0.2) is 0 Å². The molecular formula is C14H8F4N2O3. The van der Waals surface area contributed by atoms with Crippen molar-refractivity contribution in [2.75, 3.05) is 5.32 Å². The van der Waals surface area contributed by atoms with Crippen LogP contribution in [0.15, 0.2) is 42.5 Å². The Bertz CT molecular complexity index is 775. The zero-order valence-electron chi connectivity index (χ0n) is 11.2. The summed E-state index contributed by atoms with van der Waals surface area (Å²) in [5.74, 6) is -2.02. The first kappa shape index (κ1) is 16.4. The van der Waals surface area contributed by atoms with Crippen LogP contribution in [-0.2, 0) is 6.18 Å². The number of carbonyl (C=O) groups excluding carboxylic acids is 1. The molecule has 2 rings (SSSR count). The van der Waals surface area contributed by atoms with E-state index in [2.05, 4.69) is 5.32 Å². The molecule has 5 nitrogen and oxygen atoms in total. The van der Waals surface area contributed by atoms with E-state index in [1.165, 1.54) is 6.07 Å². The summed E-state index contributed by atoms with van der Waals surface area (Å²) in [6, 6.07) is 6.31. The zero-order valence-corrected chi connectivity index (χ0v) is 11.2. The fraction of sp³-hybridized carbons (Fsp3) is 0.0714. The molecule has 0 bridgehead atoms. The summed E-state index contributed by atoms with van der Waals surface area (Å²) in [5, 5.41) is 12.8. The molecule has 0 aliphatic heterocycles. The number of nitrogens with zero attached hydrogens (tertiary/aromatic N) is 1. The summed E-state index contributed by atoms with van der Waals surface area (Å²) in [6.45, 7) is 0. The number of hydrogen-bond acceptors (Lipinski definition) is 3. The van der Waals surface area contributed by atoms with Crippen LogP contribution in [0.4, 0.5) is 28.9 Å². The summed E-state index contributed by atoms with van der Waals surface area (Å²) in [4.78, 5) is 21.5. The molecule has 0 unspecified atom stereocenters. The van der Waals surface area contributed by atoms with Gasteiger partial charge in [0, 0.05) is 17.3 Å². The molecule has 1 N–H and O–H groups in total. The first-order chi connectivity index (χ1) is 10.7. The van der Waals surface area contributed by atoms with Gasteiger partial charge in [-0.05, 0) is 30.3 Å². The number of nitro groups is 1. The van der Waals surface area contributed by atoms with Gasteiger partial charge < -0.3 is 5.32 Å². The second kappa shape index (κ2) is 6.03. The van der Waals surface area contributed by atoms with E-state index in [1.54, 1.807) is 0 Å². The van der Waals surface area contributed by atoms with Crippen molar-refractivity contribution in [3.63, 3.8) is 0 Å². The fourth-order valence-electron chi connectivity index (χ4n) is 1.77. The number of nitrogens with one attached hydrogen (secondary N) is 1. The molecule has 2 aromatic rings. The number of anilines is 1. The maximum Gasteiger partial charge on any atom is 0.416 e. The zero-order chi connectivity index (χ0) is 17.2. The quantitative estimate of drug-likeness (QED) is 0.526. The predicted molar refractivity (Wildman–Crippen MR) is 72.5 cm³/mol. The van der Waals surface area contributed by atoms with Crippen LogP contribution in [-0.4, -0.2) is 10.8 Å². The summed E-state index contributed by atoms with van der Waals surface area (Å²) in [7, 11) is 0. The highest BCUT2D eigenvalue weighted by molar-refractivity contribution is 6.04. The average molecular weight is 328 g/mol. The van der Waals surface area contributed by atoms with Crippen LogP contribution in [0.1, 0.15) is 15.9 Å². The molecule has 2 aromatic carbocycles. The van der Waals surface area contributed by atoms with Crippen molar-refractivity contribution in [2.45, 2.75) is 6.18 Å². The lowest BCUT2D eigenvalue weighted by molar-refractivity contribution is -0.387. The molecule has 0 fully saturated rings. The highest BCUT2D eigenvalue weighted by atomic mass is 19.4. The van der Waals surface area contributed by atoms with Crippen molar-refractivity contribution in [2.24, 2.45) is 0 Å². The summed E-state index contributed by atoms with van der Waals surface area (Å²) >= 11 is 0. The van der Waals surface area contributed by atoms with E-state index in [-0.39, 0.29) is 11.3 Å². The maximum absolute atomic E-state index is 13.2. The molecule has 0 atom stereocenters. The largest absolute Gasteiger partial charge is 0.416 e. The van der Waals surface area contributed by atoms with Gasteiger partial charge in [-0.1, -0.05) is 6.07 Å². The van der Waals surface area contributed by atoms with Gasteiger partial charge in [0.1, 0.15) is 0 Å². The third-order valence-electron chi connectivity index (χ3n) is 2.85. The van der Waals surface area contributed by atoms with Crippen LogP contribution in [0.25, 0.3) is 0 Å². The SMILES string of the molecule is O=C(Nc1cccc(C(F)(F)F)c1)c1ccc(F)c([N+](=O)[O-])c1. The Balaban J connectivity index is 2.26. The summed E-state index contributed by atoms with van der Waals surface area (Å²) in [5.41, 5.74) is -2.26. The summed E-state index contributed by atoms with van der Waals surface area (Å²) < 4.78 is 51.0. The van der Waals surface area contributed by atoms with Crippen molar-refractivity contribution < 1.29 is 27.3 Å². The number of nitro benzene ring substituents is 1. The third-order valence-corrected chi connectivity index (χ3v) is 2.85. The fourth-order valence-corrected chi connectivity index (χ4v) is 1.77. The van der Waals surface area contributed by atoms with E-state index in [1.807, 2.05) is 0 Å². The minimum atomic E-state index is -4.57. The normalized spacial score (nSPS) is 11.1. The Labute approximate surface area is 126 Å². The smallest absolute Gasteiger partial charge is 0.322 e. The van der Waals surface area contributed by atoms with Crippen molar-refractivity contribution in [3.05, 3.63) is 69.5 Å². The average Bonchev–Trinajstić information content (AvgIpc) is 2.46. The predicted octanol–water partition coefficient (Wildman–Crippen LogP) is 4.01. The van der Waals surface area contributed by atoms with E-state index < -0.39 is 34.1 Å². The lowest BCUT2D eigenvalue weighted by atomic mass is 10.1. The Morgan fingerprint density at radius 2 is 1.83 bits per heavy atom. The minimum absolute atomic E-state index is 0.142. The highest BCUT2D eigenvalue weighted by Gasteiger charge is 2.30. The Morgan fingerprint density at radius 3 is 2.43 bits per heavy atom. The molecule has 23 heavy (non-hydrogen) atoms. The van der Waals surface area contributed by atoms with E-state index in [4.69, 9.17) is 0 Å². The van der Waals surface area contributed by atoms with E-state index in [0.717, 1.165) is 30.3 Å². The van der Waals surface area contributed by atoms with Crippen LogP contribution in [0.2, 0.25) is 0 Å². The van der Waals surface area contributed by atoms with Crippen molar-refractivity contribution in [1.82, 2.24) is 0 Å². The molecule has 0 spiro atoms. The number of carbonyl (C=O) groups is 1. The van der Waals surface area contributed by atoms with Gasteiger partial charge in [0.15, 0.2) is 0 Å². The Kier molecular flexibility index (Phi) is 4.30. The number of amides is 1. The van der Waals surface area contributed by atoms with Crippen LogP contribution >= 0.6 is 0 Å². The standard InChI is InChI=1S/C14H8F4N2O3/c15-11-5-4-8(6-12(11)20(22)23)13(21)19-10-3-1-2-9(7-10)14(16,17)18/h1-7H,(H,19,21). The van der Waals surface area contributed by atoms with Crippen LogP contribution < -0.4 is 5.32 Å². The van der Waals surface area contributed by atoms with Gasteiger partial charge in [-0.15, -0.1) is 0 Å². The lowest BCUT2D eigenvalue weighted by Crippen LogP contribution is -2.13. The second-order valence-corrected chi connectivity index (χ2v) is 4.46. The topological polar surface area (TPSA) is 72.2 Å². The molecule has 0 saturated heterocycles. The van der Waals surface area contributed by atoms with Gasteiger partial charge >= 0.3 is 11.9 Å². The Hall–Kier alpha value is -2.97. The van der Waals surface area contributed by atoms with Gasteiger partial charge in [0.2, 0.25) is 5.82 Å². The molecule has 9 heteroatoms. The van der Waals surface area contributed by atoms with Crippen molar-refractivity contribution in [3.8, 4) is 0 Å². The van der Waals surface area contributed by atoms with Crippen LogP contribution in [0.5, 0.6) is 0 Å². The number of hydrogen-bond donors (Lipinski definition) is 1. The molecule has 1 amide bonds. The van der Waals surface area contributed by atoms with E-state index >= 15 is 0 Å². The molecule has 0 heterocycles. The molecule has 0 aromatic heterocycles.